The summed E-state index contributed by atoms with van der Waals surface area (Å²) in [5.41, 5.74) is 0.503. The Balaban J connectivity index is 1.33. The second-order valence-corrected chi connectivity index (χ2v) is 13.2. The van der Waals surface area contributed by atoms with Crippen LogP contribution in [0.2, 0.25) is 5.02 Å². The Bertz CT molecular complexity index is 1250. The van der Waals surface area contributed by atoms with Gasteiger partial charge in [0.2, 0.25) is 26.0 Å². The summed E-state index contributed by atoms with van der Waals surface area (Å²) >= 11 is 5.85. The van der Waals surface area contributed by atoms with Crippen LogP contribution in [0.5, 0.6) is 0 Å². The Kier molecular flexibility index (Phi) is 7.84. The number of nitrogens with zero attached hydrogens (tertiary/aromatic N) is 3. The summed E-state index contributed by atoms with van der Waals surface area (Å²) in [6.45, 7) is 2.75. The predicted octanol–water partition coefficient (Wildman–Crippen LogP) is 2.32. The molecule has 0 radical (unpaired) electrons. The molecule has 0 aliphatic carbocycles. The summed E-state index contributed by atoms with van der Waals surface area (Å²) in [5, 5.41) is 3.29. The van der Waals surface area contributed by atoms with Crippen molar-refractivity contribution in [2.75, 3.05) is 51.6 Å². The molecule has 4 rings (SSSR count). The number of likely N-dealkylation sites (N-methyl/N-ethyl adjacent to an activating group) is 1. The summed E-state index contributed by atoms with van der Waals surface area (Å²) in [6.07, 6.45) is 0.795. The molecule has 2 aliphatic rings. The summed E-state index contributed by atoms with van der Waals surface area (Å²) in [7, 11) is -5.25. The van der Waals surface area contributed by atoms with E-state index in [1.807, 2.05) is 7.05 Å². The molecule has 2 saturated heterocycles. The lowest BCUT2D eigenvalue weighted by Crippen LogP contribution is -2.46. The Morgan fingerprint density at radius 3 is 1.74 bits per heavy atom. The standard InChI is InChI=1S/C23H29ClN4O5S2/c1-26-14-16-28(17-15-26)35(32,33)22-8-4-20(5-9-22)25-23(29)18-10-12-27(13-11-18)34(30,31)21-6-2-19(24)3-7-21/h2-9,18H,10-17H2,1H3,(H,25,29). The molecule has 12 heteroatoms. The summed E-state index contributed by atoms with van der Waals surface area (Å²) < 4.78 is 54.3. The number of nitrogens with one attached hydrogen (secondary N) is 1. The minimum absolute atomic E-state index is 0.177. The lowest BCUT2D eigenvalue weighted by Gasteiger charge is -2.31. The number of anilines is 1. The second kappa shape index (κ2) is 10.5. The average molecular weight is 541 g/mol. The highest BCUT2D eigenvalue weighted by Gasteiger charge is 2.32. The molecule has 9 nitrogen and oxygen atoms in total. The lowest BCUT2D eigenvalue weighted by molar-refractivity contribution is -0.120. The Labute approximate surface area is 211 Å². The molecule has 0 unspecified atom stereocenters. The van der Waals surface area contributed by atoms with Gasteiger partial charge in [-0.1, -0.05) is 11.6 Å². The SMILES string of the molecule is CN1CCN(S(=O)(=O)c2ccc(NC(=O)C3CCN(S(=O)(=O)c4ccc(Cl)cc4)CC3)cc2)CC1. The molecule has 1 N–H and O–H groups in total. The highest BCUT2D eigenvalue weighted by atomic mass is 35.5. The minimum atomic E-state index is -3.64. The van der Waals surface area contributed by atoms with Crippen molar-refractivity contribution < 1.29 is 21.6 Å². The maximum atomic E-state index is 12.9. The highest BCUT2D eigenvalue weighted by Crippen LogP contribution is 2.26. The van der Waals surface area contributed by atoms with Crippen molar-refractivity contribution in [2.45, 2.75) is 22.6 Å². The van der Waals surface area contributed by atoms with Crippen molar-refractivity contribution in [3.8, 4) is 0 Å². The first-order valence-electron chi connectivity index (χ1n) is 11.4. The summed E-state index contributed by atoms with van der Waals surface area (Å²) in [6, 6.07) is 12.2. The zero-order valence-electron chi connectivity index (χ0n) is 19.4. The highest BCUT2D eigenvalue weighted by molar-refractivity contribution is 7.89. The van der Waals surface area contributed by atoms with Gasteiger partial charge in [-0.3, -0.25) is 4.79 Å². The molecular weight excluding hydrogens is 512 g/mol. The van der Waals surface area contributed by atoms with E-state index >= 15 is 0 Å². The fourth-order valence-corrected chi connectivity index (χ4v) is 7.26. The van der Waals surface area contributed by atoms with Gasteiger partial charge in [-0.15, -0.1) is 0 Å². The molecule has 2 aliphatic heterocycles. The largest absolute Gasteiger partial charge is 0.326 e. The molecule has 0 aromatic heterocycles. The van der Waals surface area contributed by atoms with Gasteiger partial charge in [-0.05, 0) is 68.4 Å². The fourth-order valence-electron chi connectivity index (χ4n) is 4.25. The van der Waals surface area contributed by atoms with E-state index in [9.17, 15) is 21.6 Å². The van der Waals surface area contributed by atoms with Crippen LogP contribution in [0.25, 0.3) is 0 Å². The van der Waals surface area contributed by atoms with Crippen LogP contribution in [0.15, 0.2) is 58.3 Å². The molecule has 190 valence electrons. The van der Waals surface area contributed by atoms with Crippen LogP contribution in [0.3, 0.4) is 0 Å². The van der Waals surface area contributed by atoms with Crippen molar-refractivity contribution in [1.29, 1.82) is 0 Å². The van der Waals surface area contributed by atoms with E-state index in [-0.39, 0.29) is 34.7 Å². The van der Waals surface area contributed by atoms with Gasteiger partial charge in [0.05, 0.1) is 9.79 Å². The maximum absolute atomic E-state index is 12.9. The van der Waals surface area contributed by atoms with Crippen LogP contribution in [-0.4, -0.2) is 82.6 Å². The molecule has 0 bridgehead atoms. The van der Waals surface area contributed by atoms with Gasteiger partial charge in [0.25, 0.3) is 0 Å². The molecule has 0 atom stereocenters. The van der Waals surface area contributed by atoms with E-state index in [0.717, 1.165) is 0 Å². The first-order valence-corrected chi connectivity index (χ1v) is 14.7. The molecule has 35 heavy (non-hydrogen) atoms. The third-order valence-electron chi connectivity index (χ3n) is 6.50. The van der Waals surface area contributed by atoms with Crippen LogP contribution >= 0.6 is 11.6 Å². The minimum Gasteiger partial charge on any atom is -0.326 e. The number of benzene rings is 2. The van der Waals surface area contributed by atoms with E-state index < -0.39 is 20.0 Å². The van der Waals surface area contributed by atoms with Crippen molar-refractivity contribution in [3.63, 3.8) is 0 Å². The molecule has 0 spiro atoms. The number of hydrogen-bond donors (Lipinski definition) is 1. The van der Waals surface area contributed by atoms with Crippen molar-refractivity contribution in [2.24, 2.45) is 5.92 Å². The zero-order chi connectivity index (χ0) is 25.2. The Morgan fingerprint density at radius 2 is 1.23 bits per heavy atom. The van der Waals surface area contributed by atoms with Gasteiger partial charge >= 0.3 is 0 Å². The summed E-state index contributed by atoms with van der Waals surface area (Å²) in [4.78, 5) is 15.2. The van der Waals surface area contributed by atoms with Gasteiger partial charge in [-0.25, -0.2) is 16.8 Å². The van der Waals surface area contributed by atoms with Crippen LogP contribution in [0.1, 0.15) is 12.8 Å². The molecular formula is C23H29ClN4O5S2. The molecule has 1 amide bonds. The van der Waals surface area contributed by atoms with Crippen molar-refractivity contribution >= 4 is 43.2 Å². The zero-order valence-corrected chi connectivity index (χ0v) is 21.8. The number of piperidine rings is 1. The molecule has 2 aromatic rings. The Hall–Kier alpha value is -2.02. The Morgan fingerprint density at radius 1 is 0.771 bits per heavy atom. The van der Waals surface area contributed by atoms with Crippen LogP contribution in [-0.2, 0) is 24.8 Å². The number of hydrogen-bond acceptors (Lipinski definition) is 6. The quantitative estimate of drug-likeness (QED) is 0.602. The average Bonchev–Trinajstić information content (AvgIpc) is 2.85. The molecule has 0 saturated carbocycles. The normalized spacial score (nSPS) is 19.5. The molecule has 2 aromatic carbocycles. The van der Waals surface area contributed by atoms with E-state index in [4.69, 9.17) is 11.6 Å². The number of rotatable bonds is 6. The number of carbonyl (C=O) groups is 1. The number of carbonyl (C=O) groups excluding carboxylic acids is 1. The van der Waals surface area contributed by atoms with E-state index in [1.54, 1.807) is 12.1 Å². The number of halogens is 1. The third-order valence-corrected chi connectivity index (χ3v) is 10.6. The number of piperazine rings is 1. The monoisotopic (exact) mass is 540 g/mol. The fraction of sp³-hybridized carbons (Fsp3) is 0.435. The van der Waals surface area contributed by atoms with Gasteiger partial charge in [-0.2, -0.15) is 8.61 Å². The van der Waals surface area contributed by atoms with Crippen molar-refractivity contribution in [1.82, 2.24) is 13.5 Å². The van der Waals surface area contributed by atoms with E-state index in [0.29, 0.717) is 49.7 Å². The third kappa shape index (κ3) is 5.87. The maximum Gasteiger partial charge on any atom is 0.243 e. The van der Waals surface area contributed by atoms with Gasteiger partial charge in [0, 0.05) is 55.9 Å². The topological polar surface area (TPSA) is 107 Å². The second-order valence-electron chi connectivity index (χ2n) is 8.85. The first-order chi connectivity index (χ1) is 16.6. The first kappa shape index (κ1) is 26.1. The van der Waals surface area contributed by atoms with Gasteiger partial charge in [0.15, 0.2) is 0 Å². The smallest absolute Gasteiger partial charge is 0.243 e. The predicted molar refractivity (Wildman–Crippen MR) is 134 cm³/mol. The molecule has 2 fully saturated rings. The number of sulfonamides is 2. The summed E-state index contributed by atoms with van der Waals surface area (Å²) in [5.74, 6) is -0.538. The van der Waals surface area contributed by atoms with Crippen LogP contribution < -0.4 is 5.32 Å². The van der Waals surface area contributed by atoms with Gasteiger partial charge in [0.1, 0.15) is 0 Å². The van der Waals surface area contributed by atoms with Crippen LogP contribution in [0.4, 0.5) is 5.69 Å². The lowest BCUT2D eigenvalue weighted by atomic mass is 9.97. The van der Waals surface area contributed by atoms with Gasteiger partial charge < -0.3 is 10.2 Å². The number of amides is 1. The van der Waals surface area contributed by atoms with Crippen LogP contribution in [0, 0.1) is 5.92 Å². The van der Waals surface area contributed by atoms with E-state index in [1.165, 1.54) is 45.0 Å². The van der Waals surface area contributed by atoms with Crippen molar-refractivity contribution in [3.05, 3.63) is 53.6 Å². The van der Waals surface area contributed by atoms with E-state index in [2.05, 4.69) is 10.2 Å². The molecule has 2 heterocycles.